The van der Waals surface area contributed by atoms with Gasteiger partial charge >= 0.3 is 5.97 Å². The molecule has 20 heavy (non-hydrogen) atoms. The molecule has 2 heterocycles. The first-order chi connectivity index (χ1) is 9.61. The molecule has 0 aromatic carbocycles. The lowest BCUT2D eigenvalue weighted by molar-refractivity contribution is 0.0519. The maximum absolute atomic E-state index is 11.7. The second-order valence-corrected chi connectivity index (χ2v) is 5.50. The third-order valence-electron chi connectivity index (χ3n) is 2.79. The largest absolute Gasteiger partial charge is 0.461 e. The maximum Gasteiger partial charge on any atom is 0.358 e. The zero-order chi connectivity index (χ0) is 14.5. The third kappa shape index (κ3) is 3.33. The van der Waals surface area contributed by atoms with Gasteiger partial charge in [0, 0.05) is 17.3 Å². The Labute approximate surface area is 122 Å². The summed E-state index contributed by atoms with van der Waals surface area (Å²) in [6.07, 6.45) is 3.55. The van der Waals surface area contributed by atoms with Crippen LogP contribution in [0.25, 0.3) is 0 Å². The van der Waals surface area contributed by atoms with Crippen molar-refractivity contribution in [1.29, 1.82) is 0 Å². The van der Waals surface area contributed by atoms with Crippen LogP contribution in [0.2, 0.25) is 0 Å². The van der Waals surface area contributed by atoms with E-state index in [0.29, 0.717) is 17.4 Å². The Morgan fingerprint density at radius 2 is 2.35 bits per heavy atom. The molecule has 2 rings (SSSR count). The van der Waals surface area contributed by atoms with Gasteiger partial charge < -0.3 is 10.1 Å². The maximum atomic E-state index is 11.7. The Morgan fingerprint density at radius 3 is 3.00 bits per heavy atom. The molecule has 0 saturated heterocycles. The first-order valence-corrected chi connectivity index (χ1v) is 7.24. The molecule has 1 atom stereocenters. The van der Waals surface area contributed by atoms with Crippen LogP contribution >= 0.6 is 11.3 Å². The number of carbonyl (C=O) groups is 1. The highest BCUT2D eigenvalue weighted by atomic mass is 32.1. The van der Waals surface area contributed by atoms with Crippen LogP contribution < -0.4 is 5.32 Å². The number of nitrogens with zero attached hydrogens (tertiary/aromatic N) is 2. The number of ether oxygens (including phenoxy) is 1. The summed E-state index contributed by atoms with van der Waals surface area (Å²) in [5, 5.41) is 3.99. The van der Waals surface area contributed by atoms with Crippen molar-refractivity contribution in [3.63, 3.8) is 0 Å². The molecule has 0 radical (unpaired) electrons. The molecule has 2 aromatic heterocycles. The van der Waals surface area contributed by atoms with E-state index in [1.165, 1.54) is 11.3 Å². The third-order valence-corrected chi connectivity index (χ3v) is 3.69. The van der Waals surface area contributed by atoms with E-state index in [1.807, 2.05) is 32.2 Å². The van der Waals surface area contributed by atoms with Gasteiger partial charge in [-0.2, -0.15) is 0 Å². The Bertz CT molecular complexity index is 583. The van der Waals surface area contributed by atoms with E-state index in [2.05, 4.69) is 15.3 Å². The van der Waals surface area contributed by atoms with Gasteiger partial charge in [-0.1, -0.05) is 6.07 Å². The number of pyridine rings is 1. The standard InChI is InChI=1S/C14H17N3O2S/c1-4-19-13(18)12-10(3)20-14(17-12)16-9(2)11-6-5-7-15-8-11/h5-9H,4H2,1-3H3,(H,16,17). The number of thiazole rings is 1. The fourth-order valence-corrected chi connectivity index (χ4v) is 2.64. The Hall–Kier alpha value is -1.95. The van der Waals surface area contributed by atoms with Crippen molar-refractivity contribution in [2.24, 2.45) is 0 Å². The van der Waals surface area contributed by atoms with E-state index in [-0.39, 0.29) is 12.0 Å². The van der Waals surface area contributed by atoms with Crippen LogP contribution in [0.4, 0.5) is 5.13 Å². The van der Waals surface area contributed by atoms with Crippen LogP contribution in [0.5, 0.6) is 0 Å². The van der Waals surface area contributed by atoms with Gasteiger partial charge in [-0.15, -0.1) is 11.3 Å². The van der Waals surface area contributed by atoms with E-state index in [1.54, 1.807) is 13.1 Å². The zero-order valence-corrected chi connectivity index (χ0v) is 12.5. The lowest BCUT2D eigenvalue weighted by atomic mass is 10.1. The molecule has 0 aliphatic rings. The molecular weight excluding hydrogens is 274 g/mol. The molecule has 0 amide bonds. The molecule has 0 spiro atoms. The topological polar surface area (TPSA) is 64.1 Å². The molecule has 2 aromatic rings. The number of hydrogen-bond acceptors (Lipinski definition) is 6. The summed E-state index contributed by atoms with van der Waals surface area (Å²) in [7, 11) is 0. The lowest BCUT2D eigenvalue weighted by Gasteiger charge is -2.12. The van der Waals surface area contributed by atoms with Gasteiger partial charge in [0.1, 0.15) is 0 Å². The number of aryl methyl sites for hydroxylation is 1. The molecule has 0 bridgehead atoms. The fourth-order valence-electron chi connectivity index (χ4n) is 1.75. The summed E-state index contributed by atoms with van der Waals surface area (Å²) in [5.41, 5.74) is 1.45. The molecule has 106 valence electrons. The minimum Gasteiger partial charge on any atom is -0.461 e. The highest BCUT2D eigenvalue weighted by molar-refractivity contribution is 7.15. The van der Waals surface area contributed by atoms with Crippen molar-refractivity contribution in [1.82, 2.24) is 9.97 Å². The molecule has 1 N–H and O–H groups in total. The van der Waals surface area contributed by atoms with Crippen LogP contribution in [0, 0.1) is 6.92 Å². The molecule has 6 heteroatoms. The van der Waals surface area contributed by atoms with Crippen molar-refractivity contribution < 1.29 is 9.53 Å². The van der Waals surface area contributed by atoms with Gasteiger partial charge in [0.25, 0.3) is 0 Å². The molecule has 5 nitrogen and oxygen atoms in total. The summed E-state index contributed by atoms with van der Waals surface area (Å²) >= 11 is 1.45. The van der Waals surface area contributed by atoms with Gasteiger partial charge in [0.15, 0.2) is 10.8 Å². The van der Waals surface area contributed by atoms with Crippen LogP contribution in [0.15, 0.2) is 24.5 Å². The van der Waals surface area contributed by atoms with E-state index in [4.69, 9.17) is 4.74 Å². The fraction of sp³-hybridized carbons (Fsp3) is 0.357. The molecule has 0 aliphatic heterocycles. The van der Waals surface area contributed by atoms with Gasteiger partial charge in [0.05, 0.1) is 12.6 Å². The minimum absolute atomic E-state index is 0.0734. The number of anilines is 1. The van der Waals surface area contributed by atoms with E-state index in [0.717, 1.165) is 10.4 Å². The number of esters is 1. The predicted octanol–water partition coefficient (Wildman–Crippen LogP) is 3.20. The van der Waals surface area contributed by atoms with Crippen molar-refractivity contribution in [2.75, 3.05) is 11.9 Å². The lowest BCUT2D eigenvalue weighted by Crippen LogP contribution is -2.09. The average molecular weight is 291 g/mol. The van der Waals surface area contributed by atoms with Gasteiger partial charge in [-0.25, -0.2) is 9.78 Å². The highest BCUT2D eigenvalue weighted by Crippen LogP contribution is 2.26. The Kier molecular flexibility index (Phi) is 4.68. The minimum atomic E-state index is -0.372. The number of nitrogens with one attached hydrogen (secondary N) is 1. The summed E-state index contributed by atoms with van der Waals surface area (Å²) < 4.78 is 4.98. The zero-order valence-electron chi connectivity index (χ0n) is 11.7. The summed E-state index contributed by atoms with van der Waals surface area (Å²) in [6, 6.07) is 3.96. The predicted molar refractivity (Wildman–Crippen MR) is 79.1 cm³/mol. The molecule has 1 unspecified atom stereocenters. The van der Waals surface area contributed by atoms with Crippen LogP contribution in [0.1, 0.15) is 40.8 Å². The number of hydrogen-bond donors (Lipinski definition) is 1. The summed E-state index contributed by atoms with van der Waals surface area (Å²) in [5.74, 6) is -0.372. The normalized spacial score (nSPS) is 11.9. The van der Waals surface area contributed by atoms with Gasteiger partial charge in [0.2, 0.25) is 0 Å². The van der Waals surface area contributed by atoms with Gasteiger partial charge in [-0.3, -0.25) is 4.98 Å². The SMILES string of the molecule is CCOC(=O)c1nc(NC(C)c2cccnc2)sc1C. The van der Waals surface area contributed by atoms with Crippen LogP contribution in [-0.4, -0.2) is 22.5 Å². The number of carbonyl (C=O) groups excluding carboxylic acids is 1. The Balaban J connectivity index is 2.11. The molecule has 0 fully saturated rings. The first-order valence-electron chi connectivity index (χ1n) is 6.42. The van der Waals surface area contributed by atoms with Crippen molar-refractivity contribution in [2.45, 2.75) is 26.8 Å². The van der Waals surface area contributed by atoms with E-state index in [9.17, 15) is 4.79 Å². The van der Waals surface area contributed by atoms with E-state index >= 15 is 0 Å². The number of aromatic nitrogens is 2. The summed E-state index contributed by atoms with van der Waals surface area (Å²) in [6.45, 7) is 6.02. The van der Waals surface area contributed by atoms with Crippen LogP contribution in [0.3, 0.4) is 0 Å². The highest BCUT2D eigenvalue weighted by Gasteiger charge is 2.17. The molecule has 0 aliphatic carbocycles. The van der Waals surface area contributed by atoms with Crippen molar-refractivity contribution in [3.8, 4) is 0 Å². The summed E-state index contributed by atoms with van der Waals surface area (Å²) in [4.78, 5) is 21.0. The second kappa shape index (κ2) is 6.47. The smallest absolute Gasteiger partial charge is 0.358 e. The number of rotatable bonds is 5. The quantitative estimate of drug-likeness (QED) is 0.857. The second-order valence-electron chi connectivity index (χ2n) is 4.30. The van der Waals surface area contributed by atoms with Crippen molar-refractivity contribution in [3.05, 3.63) is 40.7 Å². The van der Waals surface area contributed by atoms with Gasteiger partial charge in [-0.05, 0) is 32.4 Å². The average Bonchev–Trinajstić information content (AvgIpc) is 2.81. The van der Waals surface area contributed by atoms with Crippen molar-refractivity contribution >= 4 is 22.4 Å². The van der Waals surface area contributed by atoms with E-state index < -0.39 is 0 Å². The first kappa shape index (κ1) is 14.5. The molecule has 0 saturated carbocycles. The molecular formula is C14H17N3O2S. The Morgan fingerprint density at radius 1 is 1.55 bits per heavy atom. The van der Waals surface area contributed by atoms with Crippen LogP contribution in [-0.2, 0) is 4.74 Å². The monoisotopic (exact) mass is 291 g/mol.